The monoisotopic (exact) mass is 394 g/mol. The fraction of sp³-hybridized carbons (Fsp3) is 0.520. The van der Waals surface area contributed by atoms with Gasteiger partial charge in [0.2, 0.25) is 0 Å². The van der Waals surface area contributed by atoms with Gasteiger partial charge in [-0.3, -0.25) is 14.7 Å². The van der Waals surface area contributed by atoms with Crippen LogP contribution in [0.5, 0.6) is 0 Å². The van der Waals surface area contributed by atoms with E-state index in [-0.39, 0.29) is 23.3 Å². The van der Waals surface area contributed by atoms with Gasteiger partial charge in [-0.25, -0.2) is 0 Å². The van der Waals surface area contributed by atoms with E-state index >= 15 is 0 Å². The van der Waals surface area contributed by atoms with E-state index in [1.807, 2.05) is 48.8 Å². The van der Waals surface area contributed by atoms with E-state index in [0.29, 0.717) is 12.6 Å². The third-order valence-electron chi connectivity index (χ3n) is 6.53. The lowest BCUT2D eigenvalue weighted by molar-refractivity contribution is -0.154. The number of likely N-dealkylation sites (N-methyl/N-ethyl adjacent to an activating group) is 1. The van der Waals surface area contributed by atoms with E-state index in [1.54, 1.807) is 0 Å². The molecule has 0 radical (unpaired) electrons. The highest BCUT2D eigenvalue weighted by atomic mass is 16.5. The molecule has 3 rings (SSSR count). The molecule has 1 aromatic carbocycles. The molecule has 0 saturated heterocycles. The molecule has 4 heteroatoms. The van der Waals surface area contributed by atoms with Gasteiger partial charge in [0.15, 0.2) is 0 Å². The Morgan fingerprint density at radius 3 is 2.45 bits per heavy atom. The molecular formula is C25H34N2O2. The van der Waals surface area contributed by atoms with Crippen molar-refractivity contribution in [2.75, 3.05) is 7.05 Å². The average molecular weight is 395 g/mol. The highest BCUT2D eigenvalue weighted by Crippen LogP contribution is 2.40. The van der Waals surface area contributed by atoms with E-state index in [1.165, 1.54) is 5.56 Å². The fourth-order valence-corrected chi connectivity index (χ4v) is 4.61. The summed E-state index contributed by atoms with van der Waals surface area (Å²) in [6.45, 7) is 6.88. The van der Waals surface area contributed by atoms with Crippen LogP contribution in [0.2, 0.25) is 0 Å². The van der Waals surface area contributed by atoms with Gasteiger partial charge in [0.25, 0.3) is 0 Å². The Kier molecular flexibility index (Phi) is 7.07. The average Bonchev–Trinajstić information content (AvgIpc) is 2.74. The molecule has 1 aliphatic carbocycles. The maximum Gasteiger partial charge on any atom is 0.323 e. The Morgan fingerprint density at radius 2 is 1.86 bits per heavy atom. The van der Waals surface area contributed by atoms with Crippen LogP contribution in [0.3, 0.4) is 0 Å². The molecule has 0 bridgehead atoms. The van der Waals surface area contributed by atoms with Crippen LogP contribution in [0, 0.1) is 5.92 Å². The predicted octanol–water partition coefficient (Wildman–Crippen LogP) is 4.98. The van der Waals surface area contributed by atoms with Crippen LogP contribution in [0.25, 0.3) is 0 Å². The van der Waals surface area contributed by atoms with Gasteiger partial charge in [-0.15, -0.1) is 0 Å². The second-order valence-electron chi connectivity index (χ2n) is 8.98. The van der Waals surface area contributed by atoms with Crippen LogP contribution in [-0.4, -0.2) is 35.0 Å². The number of rotatable bonds is 7. The molecule has 0 N–H and O–H groups in total. The van der Waals surface area contributed by atoms with Gasteiger partial charge < -0.3 is 4.74 Å². The Balaban J connectivity index is 1.61. The van der Waals surface area contributed by atoms with Crippen molar-refractivity contribution in [3.8, 4) is 0 Å². The molecule has 1 aliphatic rings. The number of hydrogen-bond acceptors (Lipinski definition) is 4. The van der Waals surface area contributed by atoms with Crippen molar-refractivity contribution < 1.29 is 9.53 Å². The third-order valence-corrected chi connectivity index (χ3v) is 6.53. The van der Waals surface area contributed by atoms with E-state index in [2.05, 4.69) is 43.8 Å². The lowest BCUT2D eigenvalue weighted by atomic mass is 9.69. The minimum absolute atomic E-state index is 0.119. The number of aromatic nitrogens is 1. The first-order valence-corrected chi connectivity index (χ1v) is 10.7. The molecule has 1 atom stereocenters. The molecule has 1 fully saturated rings. The van der Waals surface area contributed by atoms with Gasteiger partial charge in [-0.1, -0.05) is 57.2 Å². The molecule has 0 amide bonds. The van der Waals surface area contributed by atoms with Crippen LogP contribution in [0.1, 0.15) is 57.6 Å². The number of benzene rings is 1. The molecule has 1 heterocycles. The van der Waals surface area contributed by atoms with Crippen LogP contribution in [0.4, 0.5) is 0 Å². The number of ether oxygens (including phenoxy) is 1. The maximum atomic E-state index is 12.9. The van der Waals surface area contributed by atoms with Crippen molar-refractivity contribution in [3.63, 3.8) is 0 Å². The van der Waals surface area contributed by atoms with Crippen molar-refractivity contribution in [3.05, 3.63) is 66.0 Å². The highest BCUT2D eigenvalue weighted by Gasteiger charge is 2.38. The number of carbonyl (C=O) groups excluding carboxylic acids is 1. The molecule has 2 aromatic rings. The summed E-state index contributed by atoms with van der Waals surface area (Å²) in [6, 6.07) is 14.3. The Labute approximate surface area is 175 Å². The zero-order valence-electron chi connectivity index (χ0n) is 18.2. The Hall–Kier alpha value is -2.20. The van der Waals surface area contributed by atoms with Crippen molar-refractivity contribution >= 4 is 5.97 Å². The molecule has 0 unspecified atom stereocenters. The predicted molar refractivity (Wildman–Crippen MR) is 116 cm³/mol. The summed E-state index contributed by atoms with van der Waals surface area (Å²) < 4.78 is 5.68. The van der Waals surface area contributed by atoms with Gasteiger partial charge in [0.05, 0.1) is 0 Å². The first-order chi connectivity index (χ1) is 13.9. The summed E-state index contributed by atoms with van der Waals surface area (Å²) in [4.78, 5) is 19.5. The van der Waals surface area contributed by atoms with Gasteiger partial charge in [0.1, 0.15) is 12.6 Å². The largest absolute Gasteiger partial charge is 0.460 e. The number of carbonyl (C=O) groups is 1. The van der Waals surface area contributed by atoms with Crippen molar-refractivity contribution in [1.82, 2.24) is 9.88 Å². The highest BCUT2D eigenvalue weighted by molar-refractivity contribution is 5.76. The summed E-state index contributed by atoms with van der Waals surface area (Å²) in [5.74, 6) is 0.0851. The zero-order chi connectivity index (χ0) is 20.9. The number of nitrogens with zero attached hydrogens (tertiary/aromatic N) is 2. The lowest BCUT2D eigenvalue weighted by Gasteiger charge is -2.43. The van der Waals surface area contributed by atoms with Gasteiger partial charge in [-0.2, -0.15) is 0 Å². The smallest absolute Gasteiger partial charge is 0.323 e. The summed E-state index contributed by atoms with van der Waals surface area (Å²) in [6.07, 6.45) is 8.21. The van der Waals surface area contributed by atoms with Gasteiger partial charge in [0, 0.05) is 18.4 Å². The minimum Gasteiger partial charge on any atom is -0.460 e. The molecule has 1 saturated carbocycles. The van der Waals surface area contributed by atoms with Gasteiger partial charge >= 0.3 is 5.97 Å². The Bertz CT molecular complexity index is 768. The van der Waals surface area contributed by atoms with Crippen molar-refractivity contribution in [1.29, 1.82) is 0 Å². The lowest BCUT2D eigenvalue weighted by Crippen LogP contribution is -2.50. The van der Waals surface area contributed by atoms with E-state index < -0.39 is 0 Å². The number of pyridine rings is 1. The summed E-state index contributed by atoms with van der Waals surface area (Å²) in [7, 11) is 2.09. The van der Waals surface area contributed by atoms with Crippen LogP contribution >= 0.6 is 0 Å². The van der Waals surface area contributed by atoms with Crippen molar-refractivity contribution in [2.24, 2.45) is 5.92 Å². The summed E-state index contributed by atoms with van der Waals surface area (Å²) in [5.41, 5.74) is 2.52. The summed E-state index contributed by atoms with van der Waals surface area (Å²) >= 11 is 0. The second kappa shape index (κ2) is 9.53. The standard InChI is InChI=1S/C25H34N2O2/c1-19(2)23(24(28)29-18-20-9-6-5-7-10-20)27(4)22-12-14-25(3,15-13-22)21-11-8-16-26-17-21/h5-11,16-17,19,22-23H,12-15,18H2,1-4H3/t22?,23-,25?/m0/s1. The topological polar surface area (TPSA) is 42.4 Å². The van der Waals surface area contributed by atoms with E-state index in [4.69, 9.17) is 4.74 Å². The molecular weight excluding hydrogens is 360 g/mol. The molecule has 156 valence electrons. The van der Waals surface area contributed by atoms with Crippen LogP contribution in [-0.2, 0) is 21.6 Å². The number of esters is 1. The zero-order valence-corrected chi connectivity index (χ0v) is 18.2. The third kappa shape index (κ3) is 5.24. The van der Waals surface area contributed by atoms with Crippen molar-refractivity contribution in [2.45, 2.75) is 70.6 Å². The molecule has 29 heavy (non-hydrogen) atoms. The molecule has 0 aliphatic heterocycles. The Morgan fingerprint density at radius 1 is 1.17 bits per heavy atom. The summed E-state index contributed by atoms with van der Waals surface area (Å²) in [5, 5.41) is 0. The van der Waals surface area contributed by atoms with E-state index in [0.717, 1.165) is 31.2 Å². The van der Waals surface area contributed by atoms with Crippen LogP contribution in [0.15, 0.2) is 54.9 Å². The fourth-order valence-electron chi connectivity index (χ4n) is 4.61. The van der Waals surface area contributed by atoms with Crippen LogP contribution < -0.4 is 0 Å². The molecule has 1 aromatic heterocycles. The van der Waals surface area contributed by atoms with E-state index in [9.17, 15) is 4.79 Å². The quantitative estimate of drug-likeness (QED) is 0.621. The first-order valence-electron chi connectivity index (χ1n) is 10.7. The minimum atomic E-state index is -0.216. The van der Waals surface area contributed by atoms with Gasteiger partial charge in [-0.05, 0) is 61.3 Å². The normalized spacial score (nSPS) is 23.2. The maximum absolute atomic E-state index is 12.9. The number of hydrogen-bond donors (Lipinski definition) is 0. The molecule has 4 nitrogen and oxygen atoms in total. The SMILES string of the molecule is CC(C)[C@@H](C(=O)OCc1ccccc1)N(C)C1CCC(C)(c2cccnc2)CC1. The first kappa shape index (κ1) is 21.5. The molecule has 0 spiro atoms. The second-order valence-corrected chi connectivity index (χ2v) is 8.98.